The lowest BCUT2D eigenvalue weighted by atomic mass is 9.96. The Labute approximate surface area is 173 Å². The van der Waals surface area contributed by atoms with Crippen LogP contribution in [-0.2, 0) is 4.79 Å². The van der Waals surface area contributed by atoms with Crippen molar-refractivity contribution in [3.63, 3.8) is 0 Å². The van der Waals surface area contributed by atoms with Crippen molar-refractivity contribution in [2.45, 2.75) is 38.8 Å². The van der Waals surface area contributed by atoms with Gasteiger partial charge in [-0.2, -0.15) is 4.73 Å². The van der Waals surface area contributed by atoms with E-state index in [1.165, 1.54) is 24.3 Å². The van der Waals surface area contributed by atoms with Crippen LogP contribution in [0.2, 0.25) is 5.02 Å². The van der Waals surface area contributed by atoms with E-state index in [0.29, 0.717) is 11.2 Å². The summed E-state index contributed by atoms with van der Waals surface area (Å²) in [4.78, 5) is 23.8. The number of benzene rings is 1. The number of rotatable bonds is 8. The quantitative estimate of drug-likeness (QED) is 0.382. The summed E-state index contributed by atoms with van der Waals surface area (Å²) in [6, 6.07) is 4.91. The maximum Gasteiger partial charge on any atom is 0.218 e. The van der Waals surface area contributed by atoms with Crippen molar-refractivity contribution >= 4 is 35.7 Å². The lowest BCUT2D eigenvalue weighted by Crippen LogP contribution is -2.34. The van der Waals surface area contributed by atoms with Gasteiger partial charge >= 0.3 is 0 Å². The molecule has 2 aromatic rings. The molecule has 1 aromatic heterocycles. The summed E-state index contributed by atoms with van der Waals surface area (Å²) >= 11 is 6.09. The molecule has 152 valence electrons. The highest BCUT2D eigenvalue weighted by atomic mass is 35.5. The number of halogens is 3. The SMILES string of the molecule is CC[C@@H](N[C@H](C)CC(N)=O)c1ccc(Cl)c(C(=O)c2cc[n+]([O-])cc2)c1F.Cl. The summed E-state index contributed by atoms with van der Waals surface area (Å²) in [6.45, 7) is 3.63. The molecule has 2 atom stereocenters. The van der Waals surface area contributed by atoms with Gasteiger partial charge in [0.1, 0.15) is 5.82 Å². The number of primary amides is 1. The molecule has 0 bridgehead atoms. The highest BCUT2D eigenvalue weighted by Gasteiger charge is 2.25. The molecule has 0 saturated carbocycles. The van der Waals surface area contributed by atoms with Crippen LogP contribution < -0.4 is 15.8 Å². The Morgan fingerprint density at radius 3 is 2.43 bits per heavy atom. The summed E-state index contributed by atoms with van der Waals surface area (Å²) < 4.78 is 15.7. The summed E-state index contributed by atoms with van der Waals surface area (Å²) in [5.41, 5.74) is 5.38. The number of ketones is 1. The van der Waals surface area contributed by atoms with Crippen molar-refractivity contribution in [1.82, 2.24) is 5.32 Å². The normalized spacial score (nSPS) is 12.7. The Morgan fingerprint density at radius 1 is 1.29 bits per heavy atom. The van der Waals surface area contributed by atoms with Crippen LogP contribution in [0.15, 0.2) is 36.7 Å². The third-order valence-electron chi connectivity index (χ3n) is 4.19. The minimum absolute atomic E-state index is 0. The van der Waals surface area contributed by atoms with Gasteiger partial charge in [0.05, 0.1) is 10.6 Å². The average molecular weight is 430 g/mol. The second-order valence-corrected chi connectivity index (χ2v) is 6.71. The van der Waals surface area contributed by atoms with Crippen LogP contribution in [0, 0.1) is 11.0 Å². The highest BCUT2D eigenvalue weighted by molar-refractivity contribution is 6.35. The topological polar surface area (TPSA) is 99.1 Å². The lowest BCUT2D eigenvalue weighted by molar-refractivity contribution is -0.605. The summed E-state index contributed by atoms with van der Waals surface area (Å²) in [5.74, 6) is -1.80. The van der Waals surface area contributed by atoms with E-state index in [2.05, 4.69) is 5.32 Å². The third kappa shape index (κ3) is 5.64. The average Bonchev–Trinajstić information content (AvgIpc) is 2.60. The van der Waals surface area contributed by atoms with E-state index in [9.17, 15) is 14.8 Å². The van der Waals surface area contributed by atoms with Gasteiger partial charge in [0.2, 0.25) is 5.91 Å². The number of nitrogens with zero attached hydrogens (tertiary/aromatic N) is 1. The minimum Gasteiger partial charge on any atom is -0.619 e. The molecular weight excluding hydrogens is 408 g/mol. The Balaban J connectivity index is 0.00000392. The van der Waals surface area contributed by atoms with Gasteiger partial charge in [-0.1, -0.05) is 24.6 Å². The standard InChI is InChI=1S/C19H21ClFN3O3.ClH/c1-3-15(23-11(2)10-16(22)25)13-4-5-14(20)17(18(13)21)19(26)12-6-8-24(27)9-7-12;/h4-9,11,15,23H,3,10H2,1-2H3,(H2,22,25);1H/t11-,15-;/m1./s1. The first-order valence-electron chi connectivity index (χ1n) is 8.50. The molecule has 0 fully saturated rings. The van der Waals surface area contributed by atoms with Crippen molar-refractivity contribution in [2.24, 2.45) is 5.73 Å². The van der Waals surface area contributed by atoms with Gasteiger partial charge in [0, 0.05) is 41.8 Å². The van der Waals surface area contributed by atoms with E-state index in [1.807, 2.05) is 6.92 Å². The van der Waals surface area contributed by atoms with Crippen LogP contribution in [-0.4, -0.2) is 17.7 Å². The molecule has 6 nitrogen and oxygen atoms in total. The second-order valence-electron chi connectivity index (χ2n) is 6.30. The Bertz CT molecular complexity index is 847. The molecule has 9 heteroatoms. The summed E-state index contributed by atoms with van der Waals surface area (Å²) in [7, 11) is 0. The van der Waals surface area contributed by atoms with Gasteiger partial charge in [-0.15, -0.1) is 12.4 Å². The molecule has 1 amide bonds. The van der Waals surface area contributed by atoms with Gasteiger partial charge in [0.25, 0.3) is 0 Å². The van der Waals surface area contributed by atoms with Gasteiger partial charge < -0.3 is 16.3 Å². The zero-order chi connectivity index (χ0) is 20.1. The summed E-state index contributed by atoms with van der Waals surface area (Å²) in [6.07, 6.45) is 2.95. The van der Waals surface area contributed by atoms with E-state index in [-0.39, 0.29) is 46.6 Å². The number of pyridine rings is 1. The fourth-order valence-electron chi connectivity index (χ4n) is 2.89. The third-order valence-corrected chi connectivity index (χ3v) is 4.50. The lowest BCUT2D eigenvalue weighted by Gasteiger charge is -2.23. The predicted octanol–water partition coefficient (Wildman–Crippen LogP) is 3.07. The number of nitrogens with two attached hydrogens (primary N) is 1. The van der Waals surface area contributed by atoms with Crippen LogP contribution in [0.3, 0.4) is 0 Å². The first kappa shape index (κ1) is 23.8. The molecule has 1 heterocycles. The number of carbonyl (C=O) groups excluding carboxylic acids is 2. The van der Waals surface area contributed by atoms with E-state index in [4.69, 9.17) is 17.3 Å². The van der Waals surface area contributed by atoms with E-state index in [0.717, 1.165) is 12.4 Å². The van der Waals surface area contributed by atoms with Crippen molar-refractivity contribution in [2.75, 3.05) is 0 Å². The maximum absolute atomic E-state index is 15.2. The first-order chi connectivity index (χ1) is 12.7. The van der Waals surface area contributed by atoms with Crippen molar-refractivity contribution in [3.8, 4) is 0 Å². The second kappa shape index (κ2) is 10.4. The van der Waals surface area contributed by atoms with Crippen LogP contribution in [0.1, 0.15) is 54.2 Å². The molecule has 0 aliphatic rings. The Kier molecular flexibility index (Phi) is 8.81. The van der Waals surface area contributed by atoms with Gasteiger partial charge in [-0.3, -0.25) is 9.59 Å². The predicted molar refractivity (Wildman–Crippen MR) is 107 cm³/mol. The Morgan fingerprint density at radius 2 is 1.89 bits per heavy atom. The van der Waals surface area contributed by atoms with Crippen LogP contribution in [0.4, 0.5) is 4.39 Å². The minimum atomic E-state index is -0.725. The fraction of sp³-hybridized carbons (Fsp3) is 0.316. The van der Waals surface area contributed by atoms with Gasteiger partial charge in [-0.05, 0) is 19.4 Å². The van der Waals surface area contributed by atoms with Crippen LogP contribution in [0.25, 0.3) is 0 Å². The Hall–Kier alpha value is -2.22. The number of hydrogen-bond donors (Lipinski definition) is 2. The van der Waals surface area contributed by atoms with E-state index < -0.39 is 23.5 Å². The monoisotopic (exact) mass is 429 g/mol. The largest absolute Gasteiger partial charge is 0.619 e. The molecule has 0 spiro atoms. The number of aromatic nitrogens is 1. The molecule has 0 saturated heterocycles. The molecule has 0 aliphatic heterocycles. The molecule has 2 rings (SSSR count). The van der Waals surface area contributed by atoms with Gasteiger partial charge in [0.15, 0.2) is 18.2 Å². The number of carbonyl (C=O) groups is 2. The highest BCUT2D eigenvalue weighted by Crippen LogP contribution is 2.30. The zero-order valence-corrected chi connectivity index (χ0v) is 17.0. The van der Waals surface area contributed by atoms with E-state index in [1.54, 1.807) is 6.92 Å². The van der Waals surface area contributed by atoms with Crippen LogP contribution in [0.5, 0.6) is 0 Å². The first-order valence-corrected chi connectivity index (χ1v) is 8.88. The maximum atomic E-state index is 15.2. The van der Waals surface area contributed by atoms with Gasteiger partial charge in [-0.25, -0.2) is 4.39 Å². The smallest absolute Gasteiger partial charge is 0.218 e. The molecule has 0 radical (unpaired) electrons. The van der Waals surface area contributed by atoms with Crippen molar-refractivity contribution in [3.05, 3.63) is 69.4 Å². The van der Waals surface area contributed by atoms with Crippen LogP contribution >= 0.6 is 24.0 Å². The molecular formula is C19H22Cl2FN3O3. The number of hydrogen-bond acceptors (Lipinski definition) is 4. The molecule has 3 N–H and O–H groups in total. The summed E-state index contributed by atoms with van der Waals surface area (Å²) in [5, 5.41) is 14.3. The number of nitrogens with one attached hydrogen (secondary N) is 1. The molecule has 1 aromatic carbocycles. The number of amides is 1. The molecule has 28 heavy (non-hydrogen) atoms. The molecule has 0 aliphatic carbocycles. The van der Waals surface area contributed by atoms with E-state index >= 15 is 4.39 Å². The van der Waals surface area contributed by atoms with Crippen molar-refractivity contribution in [1.29, 1.82) is 0 Å². The zero-order valence-electron chi connectivity index (χ0n) is 15.4. The fourth-order valence-corrected chi connectivity index (χ4v) is 3.12. The molecule has 0 unspecified atom stereocenters. The van der Waals surface area contributed by atoms with Crippen molar-refractivity contribution < 1.29 is 18.7 Å².